The van der Waals surface area contributed by atoms with Gasteiger partial charge in [0.15, 0.2) is 0 Å². The molecule has 0 aliphatic carbocycles. The molecule has 21 heavy (non-hydrogen) atoms. The smallest absolute Gasteiger partial charge is 0.132 e. The van der Waals surface area contributed by atoms with E-state index in [9.17, 15) is 0 Å². The van der Waals surface area contributed by atoms with Gasteiger partial charge in [-0.1, -0.05) is 29.8 Å². The molecule has 1 unspecified atom stereocenters. The van der Waals surface area contributed by atoms with Gasteiger partial charge in [0.1, 0.15) is 5.82 Å². The number of halogens is 1. The first-order valence-corrected chi connectivity index (χ1v) is 7.62. The lowest BCUT2D eigenvalue weighted by molar-refractivity contribution is 0.878. The van der Waals surface area contributed by atoms with Gasteiger partial charge in [-0.25, -0.2) is 4.98 Å². The van der Waals surface area contributed by atoms with Crippen LogP contribution in [0.3, 0.4) is 0 Å². The Morgan fingerprint density at radius 2 is 1.81 bits per heavy atom. The molecule has 0 saturated heterocycles. The maximum absolute atomic E-state index is 6.38. The number of fused-ring (bicyclic) bond motifs is 1. The van der Waals surface area contributed by atoms with Gasteiger partial charge in [0.05, 0.1) is 22.1 Å². The summed E-state index contributed by atoms with van der Waals surface area (Å²) in [6.45, 7) is 8.30. The fourth-order valence-electron chi connectivity index (χ4n) is 2.83. The zero-order valence-electron chi connectivity index (χ0n) is 12.8. The zero-order valence-corrected chi connectivity index (χ0v) is 13.6. The number of hydrogen-bond donors (Lipinski definition) is 0. The molecule has 3 aromatic rings. The highest BCUT2D eigenvalue weighted by molar-refractivity contribution is 6.20. The third-order valence-electron chi connectivity index (χ3n) is 3.86. The Labute approximate surface area is 130 Å². The van der Waals surface area contributed by atoms with Gasteiger partial charge in [-0.15, -0.1) is 11.6 Å². The van der Waals surface area contributed by atoms with Crippen molar-refractivity contribution >= 4 is 22.6 Å². The molecule has 0 aliphatic rings. The molecule has 1 heterocycles. The molecular formula is C18H19ClN2. The minimum absolute atomic E-state index is 0.141. The van der Waals surface area contributed by atoms with Crippen LogP contribution in [0.1, 0.15) is 34.8 Å². The minimum Gasteiger partial charge on any atom is -0.295 e. The van der Waals surface area contributed by atoms with E-state index in [1.807, 2.05) is 6.92 Å². The van der Waals surface area contributed by atoms with Gasteiger partial charge in [-0.3, -0.25) is 4.57 Å². The van der Waals surface area contributed by atoms with Crippen molar-refractivity contribution in [3.05, 3.63) is 58.9 Å². The molecule has 0 radical (unpaired) electrons. The van der Waals surface area contributed by atoms with E-state index in [4.69, 9.17) is 16.6 Å². The molecule has 108 valence electrons. The summed E-state index contributed by atoms with van der Waals surface area (Å²) < 4.78 is 2.19. The van der Waals surface area contributed by atoms with Crippen LogP contribution in [-0.2, 0) is 0 Å². The van der Waals surface area contributed by atoms with Crippen molar-refractivity contribution in [2.75, 3.05) is 0 Å². The van der Waals surface area contributed by atoms with E-state index in [-0.39, 0.29) is 5.38 Å². The van der Waals surface area contributed by atoms with E-state index in [0.717, 1.165) is 22.5 Å². The molecule has 0 bridgehead atoms. The Bertz CT molecular complexity index is 815. The van der Waals surface area contributed by atoms with Crippen LogP contribution in [0, 0.1) is 20.8 Å². The molecule has 2 aromatic carbocycles. The lowest BCUT2D eigenvalue weighted by atomic mass is 10.1. The highest BCUT2D eigenvalue weighted by Gasteiger charge is 2.18. The number of nitrogens with zero attached hydrogens (tertiary/aromatic N) is 2. The number of hydrogen-bond acceptors (Lipinski definition) is 1. The van der Waals surface area contributed by atoms with Gasteiger partial charge in [0.25, 0.3) is 0 Å². The number of alkyl halides is 1. The summed E-state index contributed by atoms with van der Waals surface area (Å²) in [6.07, 6.45) is 0. The molecule has 3 rings (SSSR count). The normalized spacial score (nSPS) is 12.8. The van der Waals surface area contributed by atoms with Crippen molar-refractivity contribution in [2.24, 2.45) is 0 Å². The summed E-state index contributed by atoms with van der Waals surface area (Å²) in [5, 5.41) is -0.141. The van der Waals surface area contributed by atoms with Crippen molar-refractivity contribution < 1.29 is 0 Å². The van der Waals surface area contributed by atoms with Crippen LogP contribution in [0.2, 0.25) is 0 Å². The molecule has 0 amide bonds. The highest BCUT2D eigenvalue weighted by Crippen LogP contribution is 2.31. The third kappa shape index (κ3) is 2.34. The maximum atomic E-state index is 6.38. The third-order valence-corrected chi connectivity index (χ3v) is 4.06. The molecule has 0 N–H and O–H groups in total. The number of rotatable bonds is 2. The summed E-state index contributed by atoms with van der Waals surface area (Å²) in [5.74, 6) is 0.896. The second-order valence-electron chi connectivity index (χ2n) is 5.65. The largest absolute Gasteiger partial charge is 0.295 e. The predicted molar refractivity (Wildman–Crippen MR) is 89.5 cm³/mol. The van der Waals surface area contributed by atoms with E-state index in [1.165, 1.54) is 16.7 Å². The van der Waals surface area contributed by atoms with Crippen molar-refractivity contribution in [3.63, 3.8) is 0 Å². The highest BCUT2D eigenvalue weighted by atomic mass is 35.5. The van der Waals surface area contributed by atoms with Crippen LogP contribution in [-0.4, -0.2) is 9.55 Å². The van der Waals surface area contributed by atoms with Crippen LogP contribution in [0.15, 0.2) is 36.4 Å². The molecule has 0 spiro atoms. The summed E-state index contributed by atoms with van der Waals surface area (Å²) >= 11 is 6.38. The number of benzene rings is 2. The number of aromatic nitrogens is 2. The lowest BCUT2D eigenvalue weighted by Gasteiger charge is -2.14. The second-order valence-corrected chi connectivity index (χ2v) is 6.31. The van der Waals surface area contributed by atoms with Crippen molar-refractivity contribution in [2.45, 2.75) is 33.1 Å². The van der Waals surface area contributed by atoms with Crippen LogP contribution in [0.25, 0.3) is 16.7 Å². The number of para-hydroxylation sites is 1. The van der Waals surface area contributed by atoms with Gasteiger partial charge in [-0.2, -0.15) is 0 Å². The molecule has 0 saturated carbocycles. The molecule has 2 nitrogen and oxygen atoms in total. The Kier molecular flexibility index (Phi) is 3.50. The van der Waals surface area contributed by atoms with E-state index in [1.54, 1.807) is 0 Å². The first kappa shape index (κ1) is 14.2. The molecule has 0 fully saturated rings. The summed E-state index contributed by atoms with van der Waals surface area (Å²) in [5.41, 5.74) is 6.96. The molecular weight excluding hydrogens is 280 g/mol. The average Bonchev–Trinajstić information content (AvgIpc) is 2.80. The van der Waals surface area contributed by atoms with Gasteiger partial charge in [0.2, 0.25) is 0 Å². The maximum Gasteiger partial charge on any atom is 0.132 e. The van der Waals surface area contributed by atoms with Crippen LogP contribution in [0.4, 0.5) is 0 Å². The molecule has 1 aromatic heterocycles. The van der Waals surface area contributed by atoms with E-state index in [0.29, 0.717) is 0 Å². The number of aryl methyl sites for hydroxylation is 3. The van der Waals surface area contributed by atoms with Gasteiger partial charge >= 0.3 is 0 Å². The van der Waals surface area contributed by atoms with Crippen LogP contribution >= 0.6 is 11.6 Å². The lowest BCUT2D eigenvalue weighted by Crippen LogP contribution is -2.03. The first-order valence-electron chi connectivity index (χ1n) is 7.18. The van der Waals surface area contributed by atoms with Crippen molar-refractivity contribution in [3.8, 4) is 5.69 Å². The molecule has 0 aliphatic heterocycles. The van der Waals surface area contributed by atoms with E-state index in [2.05, 4.69) is 61.7 Å². The van der Waals surface area contributed by atoms with Crippen LogP contribution < -0.4 is 0 Å². The Hall–Kier alpha value is -1.80. The minimum atomic E-state index is -0.141. The number of imidazole rings is 1. The van der Waals surface area contributed by atoms with E-state index < -0.39 is 0 Å². The summed E-state index contributed by atoms with van der Waals surface area (Å²) in [4.78, 5) is 4.78. The molecule has 1 atom stereocenters. The Balaban J connectivity index is 2.39. The Morgan fingerprint density at radius 1 is 1.05 bits per heavy atom. The second kappa shape index (κ2) is 5.19. The zero-order chi connectivity index (χ0) is 15.1. The average molecular weight is 299 g/mol. The quantitative estimate of drug-likeness (QED) is 0.591. The van der Waals surface area contributed by atoms with Gasteiger partial charge in [0, 0.05) is 0 Å². The fourth-order valence-corrected chi connectivity index (χ4v) is 2.98. The van der Waals surface area contributed by atoms with Gasteiger partial charge < -0.3 is 0 Å². The van der Waals surface area contributed by atoms with Crippen LogP contribution in [0.5, 0.6) is 0 Å². The SMILES string of the molecule is Cc1ccc(-n2c(C(C)Cl)nc3c(C)cccc32)c(C)c1. The monoisotopic (exact) mass is 298 g/mol. The fraction of sp³-hybridized carbons (Fsp3) is 0.278. The summed E-state index contributed by atoms with van der Waals surface area (Å²) in [7, 11) is 0. The van der Waals surface area contributed by atoms with Crippen molar-refractivity contribution in [1.29, 1.82) is 0 Å². The molecule has 3 heteroatoms. The summed E-state index contributed by atoms with van der Waals surface area (Å²) in [6, 6.07) is 12.7. The topological polar surface area (TPSA) is 17.8 Å². The van der Waals surface area contributed by atoms with Crippen molar-refractivity contribution in [1.82, 2.24) is 9.55 Å². The first-order chi connectivity index (χ1) is 9.99. The van der Waals surface area contributed by atoms with E-state index >= 15 is 0 Å². The van der Waals surface area contributed by atoms with Gasteiger partial charge in [-0.05, 0) is 51.0 Å². The Morgan fingerprint density at radius 3 is 2.48 bits per heavy atom. The standard InChI is InChI=1S/C18H19ClN2/c1-11-8-9-15(13(3)10-11)21-16-7-5-6-12(2)17(16)20-18(21)14(4)19/h5-10,14H,1-4H3. The predicted octanol–water partition coefficient (Wildman–Crippen LogP) is 5.25.